The summed E-state index contributed by atoms with van der Waals surface area (Å²) in [5.74, 6) is 1.54. The summed E-state index contributed by atoms with van der Waals surface area (Å²) in [7, 11) is 4.08. The number of rotatable bonds is 4. The third-order valence-electron chi connectivity index (χ3n) is 5.26. The average Bonchev–Trinajstić information content (AvgIpc) is 2.73. The van der Waals surface area contributed by atoms with Crippen molar-refractivity contribution < 1.29 is 0 Å². The Hall–Kier alpha value is -3.40. The van der Waals surface area contributed by atoms with Gasteiger partial charge >= 0.3 is 0 Å². The lowest BCUT2D eigenvalue weighted by Gasteiger charge is -2.19. The minimum absolute atomic E-state index is 0.119. The normalized spacial score (nSPS) is 11.5. The van der Waals surface area contributed by atoms with Gasteiger partial charge in [-0.1, -0.05) is 57.2 Å². The number of nitrogens with one attached hydrogen (secondary N) is 1. The van der Waals surface area contributed by atoms with Crippen molar-refractivity contribution in [2.24, 2.45) is 0 Å². The van der Waals surface area contributed by atoms with Crippen LogP contribution in [0.3, 0.4) is 0 Å². The van der Waals surface area contributed by atoms with Crippen molar-refractivity contribution in [3.8, 4) is 11.4 Å². The van der Waals surface area contributed by atoms with Gasteiger partial charge in [0.15, 0.2) is 5.82 Å². The maximum Gasteiger partial charge on any atom is 0.162 e. The molecule has 0 aliphatic heterocycles. The molecule has 0 bridgehead atoms. The zero-order valence-electron chi connectivity index (χ0n) is 18.3. The Morgan fingerprint density at radius 3 is 2.07 bits per heavy atom. The summed E-state index contributed by atoms with van der Waals surface area (Å²) in [6.07, 6.45) is 0. The molecule has 0 fully saturated rings. The number of benzene rings is 3. The molecule has 3 aromatic carbocycles. The van der Waals surface area contributed by atoms with E-state index in [0.717, 1.165) is 39.5 Å². The van der Waals surface area contributed by atoms with Crippen molar-refractivity contribution in [1.82, 2.24) is 9.97 Å². The van der Waals surface area contributed by atoms with Gasteiger partial charge in [0.25, 0.3) is 0 Å². The van der Waals surface area contributed by atoms with Gasteiger partial charge in [-0.2, -0.15) is 0 Å². The molecule has 4 heteroatoms. The Balaban J connectivity index is 1.74. The summed E-state index contributed by atoms with van der Waals surface area (Å²) < 4.78 is 0. The van der Waals surface area contributed by atoms with Crippen molar-refractivity contribution in [2.45, 2.75) is 26.2 Å². The molecular formula is C26H28N4. The molecule has 0 radical (unpaired) electrons. The molecule has 1 heterocycles. The highest BCUT2D eigenvalue weighted by atomic mass is 15.1. The van der Waals surface area contributed by atoms with Crippen LogP contribution in [0.25, 0.3) is 22.3 Å². The fourth-order valence-electron chi connectivity index (χ4n) is 3.40. The smallest absolute Gasteiger partial charge is 0.162 e. The average molecular weight is 397 g/mol. The zero-order chi connectivity index (χ0) is 21.3. The van der Waals surface area contributed by atoms with Crippen molar-refractivity contribution >= 4 is 28.1 Å². The maximum absolute atomic E-state index is 4.88. The molecule has 4 rings (SSSR count). The van der Waals surface area contributed by atoms with E-state index in [1.807, 2.05) is 32.3 Å². The van der Waals surface area contributed by atoms with Crippen molar-refractivity contribution in [3.63, 3.8) is 0 Å². The Morgan fingerprint density at radius 2 is 1.43 bits per heavy atom. The Labute approximate surface area is 178 Å². The van der Waals surface area contributed by atoms with Gasteiger partial charge in [0.1, 0.15) is 5.82 Å². The Morgan fingerprint density at radius 1 is 0.767 bits per heavy atom. The zero-order valence-corrected chi connectivity index (χ0v) is 18.3. The number of hydrogen-bond acceptors (Lipinski definition) is 4. The molecule has 1 N–H and O–H groups in total. The molecule has 30 heavy (non-hydrogen) atoms. The van der Waals surface area contributed by atoms with Crippen LogP contribution in [-0.4, -0.2) is 24.1 Å². The van der Waals surface area contributed by atoms with Crippen LogP contribution in [0, 0.1) is 0 Å². The minimum Gasteiger partial charge on any atom is -0.378 e. The molecule has 0 atom stereocenters. The van der Waals surface area contributed by atoms with Crippen LogP contribution < -0.4 is 10.2 Å². The van der Waals surface area contributed by atoms with E-state index >= 15 is 0 Å². The predicted octanol–water partition coefficient (Wildman–Crippen LogP) is 6.40. The maximum atomic E-state index is 4.88. The van der Waals surface area contributed by atoms with Gasteiger partial charge in [0.05, 0.1) is 5.52 Å². The molecule has 0 aliphatic carbocycles. The highest BCUT2D eigenvalue weighted by Crippen LogP contribution is 2.29. The molecule has 152 valence electrons. The topological polar surface area (TPSA) is 41.0 Å². The number of hydrogen-bond donors (Lipinski definition) is 1. The SMILES string of the molecule is CN(C)c1ccc(Nc2nc(-c3ccc(C(C)(C)C)cc3)nc3ccccc23)cc1. The van der Waals surface area contributed by atoms with Gasteiger partial charge in [-0.15, -0.1) is 0 Å². The van der Waals surface area contributed by atoms with Gasteiger partial charge in [-0.25, -0.2) is 9.97 Å². The third-order valence-corrected chi connectivity index (χ3v) is 5.26. The summed E-state index contributed by atoms with van der Waals surface area (Å²) >= 11 is 0. The Bertz CT molecular complexity index is 1150. The standard InChI is InChI=1S/C26H28N4/c1-26(2,3)19-12-10-18(11-13-19)24-28-23-9-7-6-8-22(23)25(29-24)27-20-14-16-21(17-15-20)30(4)5/h6-17H,1-5H3,(H,27,28,29). The summed E-state index contributed by atoms with van der Waals surface area (Å²) in [5.41, 5.74) is 5.51. The van der Waals surface area contributed by atoms with Crippen LogP contribution in [0.15, 0.2) is 72.8 Å². The fraction of sp³-hybridized carbons (Fsp3) is 0.231. The van der Waals surface area contributed by atoms with Crippen LogP contribution in [-0.2, 0) is 5.41 Å². The van der Waals surface area contributed by atoms with Crippen LogP contribution in [0.2, 0.25) is 0 Å². The van der Waals surface area contributed by atoms with E-state index in [0.29, 0.717) is 0 Å². The first-order valence-corrected chi connectivity index (χ1v) is 10.2. The minimum atomic E-state index is 0.119. The molecule has 1 aromatic heterocycles. The number of para-hydroxylation sites is 1. The van der Waals surface area contributed by atoms with E-state index in [2.05, 4.69) is 85.6 Å². The second kappa shape index (κ2) is 7.79. The van der Waals surface area contributed by atoms with Crippen LogP contribution >= 0.6 is 0 Å². The van der Waals surface area contributed by atoms with Gasteiger partial charge in [-0.3, -0.25) is 0 Å². The van der Waals surface area contributed by atoms with E-state index < -0.39 is 0 Å². The Kier molecular flexibility index (Phi) is 5.17. The summed E-state index contributed by atoms with van der Waals surface area (Å²) in [5, 5.41) is 4.49. The second-order valence-electron chi connectivity index (χ2n) is 8.81. The highest BCUT2D eigenvalue weighted by Gasteiger charge is 2.14. The molecule has 0 spiro atoms. The lowest BCUT2D eigenvalue weighted by atomic mass is 9.87. The lowest BCUT2D eigenvalue weighted by Crippen LogP contribution is -2.10. The van der Waals surface area contributed by atoms with E-state index in [1.165, 1.54) is 5.56 Å². The van der Waals surface area contributed by atoms with E-state index in [1.54, 1.807) is 0 Å². The number of aromatic nitrogens is 2. The molecule has 4 aromatic rings. The summed E-state index contributed by atoms with van der Waals surface area (Å²) in [4.78, 5) is 11.8. The summed E-state index contributed by atoms with van der Waals surface area (Å²) in [6, 6.07) is 25.0. The molecule has 0 unspecified atom stereocenters. The van der Waals surface area contributed by atoms with E-state index in [4.69, 9.17) is 9.97 Å². The molecular weight excluding hydrogens is 368 g/mol. The van der Waals surface area contributed by atoms with Crippen LogP contribution in [0.5, 0.6) is 0 Å². The molecule has 0 aliphatic rings. The first-order valence-electron chi connectivity index (χ1n) is 10.2. The molecule has 0 saturated heterocycles. The first-order chi connectivity index (χ1) is 14.3. The van der Waals surface area contributed by atoms with Crippen LogP contribution in [0.1, 0.15) is 26.3 Å². The van der Waals surface area contributed by atoms with Gasteiger partial charge < -0.3 is 10.2 Å². The highest BCUT2D eigenvalue weighted by molar-refractivity contribution is 5.92. The van der Waals surface area contributed by atoms with Crippen LogP contribution in [0.4, 0.5) is 17.2 Å². The van der Waals surface area contributed by atoms with Crippen molar-refractivity contribution in [1.29, 1.82) is 0 Å². The van der Waals surface area contributed by atoms with Crippen molar-refractivity contribution in [2.75, 3.05) is 24.3 Å². The molecule has 4 nitrogen and oxygen atoms in total. The first kappa shape index (κ1) is 19.9. The largest absolute Gasteiger partial charge is 0.378 e. The van der Waals surface area contributed by atoms with E-state index in [-0.39, 0.29) is 5.41 Å². The molecule has 0 amide bonds. The van der Waals surface area contributed by atoms with Gasteiger partial charge in [-0.05, 0) is 47.4 Å². The fourth-order valence-corrected chi connectivity index (χ4v) is 3.40. The quantitative estimate of drug-likeness (QED) is 0.433. The van der Waals surface area contributed by atoms with E-state index in [9.17, 15) is 0 Å². The monoisotopic (exact) mass is 396 g/mol. The number of anilines is 3. The van der Waals surface area contributed by atoms with Crippen molar-refractivity contribution in [3.05, 3.63) is 78.4 Å². The summed E-state index contributed by atoms with van der Waals surface area (Å²) in [6.45, 7) is 6.66. The lowest BCUT2D eigenvalue weighted by molar-refractivity contribution is 0.590. The van der Waals surface area contributed by atoms with Gasteiger partial charge in [0, 0.05) is 36.4 Å². The van der Waals surface area contributed by atoms with Gasteiger partial charge in [0.2, 0.25) is 0 Å². The predicted molar refractivity (Wildman–Crippen MR) is 128 cm³/mol. The number of fused-ring (bicyclic) bond motifs is 1. The third kappa shape index (κ3) is 4.13. The number of nitrogens with zero attached hydrogens (tertiary/aromatic N) is 3. The second-order valence-corrected chi connectivity index (χ2v) is 8.81. The molecule has 0 saturated carbocycles.